The number of piperidine rings is 2. The molecule has 3 aromatic carbocycles. The summed E-state index contributed by atoms with van der Waals surface area (Å²) in [7, 11) is 5.97. The van der Waals surface area contributed by atoms with E-state index in [1.807, 2.05) is 63.6 Å². The number of rotatable bonds is 5. The maximum absolute atomic E-state index is 13.6. The molecule has 2 aliphatic heterocycles. The molecule has 2 saturated heterocycles. The minimum Gasteiger partial charge on any atom is -0.384 e. The predicted molar refractivity (Wildman–Crippen MR) is 149 cm³/mol. The maximum Gasteiger partial charge on any atom is 0.321 e. The zero-order valence-corrected chi connectivity index (χ0v) is 22.9. The van der Waals surface area contributed by atoms with Gasteiger partial charge in [-0.15, -0.1) is 0 Å². The molecular formula is C31H33F2N5O2. The van der Waals surface area contributed by atoms with Crippen LogP contribution in [0.25, 0.3) is 11.1 Å². The molecule has 0 aliphatic carbocycles. The van der Waals surface area contributed by atoms with Crippen LogP contribution in [0.3, 0.4) is 0 Å². The highest BCUT2D eigenvalue weighted by Gasteiger charge is 2.53. The first-order chi connectivity index (χ1) is 19.1. The molecule has 9 heteroatoms. The van der Waals surface area contributed by atoms with Crippen molar-refractivity contribution in [3.05, 3.63) is 89.0 Å². The SMILES string of the molecule is CN(C)Cc1ccc(-c2ccc(C3(O)[C@@H]4CN(C)C[C@H]3CN(C(=O)Nc3cc(F)cc(F)c3)C4)cc2)c(C#N)c1. The van der Waals surface area contributed by atoms with Crippen LogP contribution in [0.2, 0.25) is 0 Å². The van der Waals surface area contributed by atoms with Crippen molar-refractivity contribution in [2.24, 2.45) is 11.8 Å². The Hall–Kier alpha value is -3.84. The Morgan fingerprint density at radius 3 is 2.23 bits per heavy atom. The molecule has 40 heavy (non-hydrogen) atoms. The van der Waals surface area contributed by atoms with Crippen LogP contribution in [-0.4, -0.2) is 73.2 Å². The molecule has 0 saturated carbocycles. The lowest BCUT2D eigenvalue weighted by atomic mass is 9.66. The van der Waals surface area contributed by atoms with Gasteiger partial charge in [-0.05, 0) is 61.6 Å². The van der Waals surface area contributed by atoms with Crippen LogP contribution >= 0.6 is 0 Å². The Bertz CT molecular complexity index is 1420. The summed E-state index contributed by atoms with van der Waals surface area (Å²) >= 11 is 0. The minimum atomic E-state index is -1.15. The van der Waals surface area contributed by atoms with Crippen LogP contribution in [0.1, 0.15) is 16.7 Å². The number of nitrogens with zero attached hydrogens (tertiary/aromatic N) is 4. The van der Waals surface area contributed by atoms with Crippen molar-refractivity contribution in [2.45, 2.75) is 12.1 Å². The second kappa shape index (κ2) is 11.0. The number of nitriles is 1. The summed E-state index contributed by atoms with van der Waals surface area (Å²) in [5.74, 6) is -2.08. The predicted octanol–water partition coefficient (Wildman–Crippen LogP) is 4.48. The minimum absolute atomic E-state index is 0.0488. The van der Waals surface area contributed by atoms with Gasteiger partial charge in [0.25, 0.3) is 0 Å². The van der Waals surface area contributed by atoms with Gasteiger partial charge in [-0.2, -0.15) is 5.26 Å². The molecule has 0 radical (unpaired) electrons. The molecule has 3 atom stereocenters. The highest BCUT2D eigenvalue weighted by Crippen LogP contribution is 2.45. The number of hydrogen-bond donors (Lipinski definition) is 2. The van der Waals surface area contributed by atoms with Crippen LogP contribution in [0.4, 0.5) is 19.3 Å². The molecule has 0 aromatic heterocycles. The van der Waals surface area contributed by atoms with Gasteiger partial charge in [-0.1, -0.05) is 36.4 Å². The third-order valence-electron chi connectivity index (χ3n) is 7.95. The van der Waals surface area contributed by atoms with Crippen molar-refractivity contribution in [1.82, 2.24) is 14.7 Å². The average Bonchev–Trinajstić information content (AvgIpc) is 2.88. The van der Waals surface area contributed by atoms with Crippen molar-refractivity contribution in [1.29, 1.82) is 5.26 Å². The number of fused-ring (bicyclic) bond motifs is 2. The first-order valence-corrected chi connectivity index (χ1v) is 13.3. The Kier molecular flexibility index (Phi) is 7.60. The van der Waals surface area contributed by atoms with Gasteiger partial charge in [-0.3, -0.25) is 0 Å². The van der Waals surface area contributed by atoms with E-state index in [1.54, 1.807) is 4.90 Å². The molecule has 2 bridgehead atoms. The number of hydrogen-bond acceptors (Lipinski definition) is 5. The summed E-state index contributed by atoms with van der Waals surface area (Å²) in [6, 6.07) is 18.4. The quantitative estimate of drug-likeness (QED) is 0.494. The fourth-order valence-electron chi connectivity index (χ4n) is 6.22. The molecule has 208 valence electrons. The fourth-order valence-corrected chi connectivity index (χ4v) is 6.22. The smallest absolute Gasteiger partial charge is 0.321 e. The standard InChI is InChI=1S/C31H33F2N5O2/c1-36(2)15-20-4-9-29(22(10-20)14-34)21-5-7-23(8-6-21)31(40)24-16-37(3)17-25(31)19-38(18-24)30(39)35-28-12-26(32)11-27(33)13-28/h4-13,24-25,40H,15-19H2,1-3H3,(H,35,39)/t24-,25+,31?. The van der Waals surface area contributed by atoms with Crippen molar-refractivity contribution in [3.8, 4) is 17.2 Å². The number of urea groups is 1. The van der Waals surface area contributed by atoms with Crippen LogP contribution in [0.5, 0.6) is 0 Å². The van der Waals surface area contributed by atoms with Gasteiger partial charge >= 0.3 is 6.03 Å². The molecule has 1 unspecified atom stereocenters. The second-order valence-corrected chi connectivity index (χ2v) is 11.2. The molecule has 0 spiro atoms. The molecule has 2 fully saturated rings. The zero-order valence-electron chi connectivity index (χ0n) is 22.9. The van der Waals surface area contributed by atoms with Crippen molar-refractivity contribution in [3.63, 3.8) is 0 Å². The van der Waals surface area contributed by atoms with Gasteiger partial charge in [0.2, 0.25) is 0 Å². The number of halogens is 2. The number of nitrogens with one attached hydrogen (secondary N) is 1. The fraction of sp³-hybridized carbons (Fsp3) is 0.355. The lowest BCUT2D eigenvalue weighted by Gasteiger charge is -2.55. The van der Waals surface area contributed by atoms with Gasteiger partial charge in [0.1, 0.15) is 17.2 Å². The number of likely N-dealkylation sites (tertiary alicyclic amines) is 2. The molecule has 7 nitrogen and oxygen atoms in total. The highest BCUT2D eigenvalue weighted by atomic mass is 19.1. The molecular weight excluding hydrogens is 512 g/mol. The first kappa shape index (κ1) is 27.7. The molecule has 3 aromatic rings. The monoisotopic (exact) mass is 545 g/mol. The number of aliphatic hydroxyl groups is 1. The van der Waals surface area contributed by atoms with Gasteiger partial charge in [-0.25, -0.2) is 13.6 Å². The lowest BCUT2D eigenvalue weighted by molar-refractivity contribution is -0.153. The Morgan fingerprint density at radius 2 is 1.65 bits per heavy atom. The normalized spacial score (nSPS) is 22.7. The second-order valence-electron chi connectivity index (χ2n) is 11.2. The summed E-state index contributed by atoms with van der Waals surface area (Å²) in [6.07, 6.45) is 0. The number of anilines is 1. The summed E-state index contributed by atoms with van der Waals surface area (Å²) in [5, 5.41) is 24.5. The van der Waals surface area contributed by atoms with E-state index in [0.717, 1.165) is 47.0 Å². The number of carbonyl (C=O) groups excluding carboxylic acids is 1. The Labute approximate surface area is 233 Å². The summed E-state index contributed by atoms with van der Waals surface area (Å²) in [5.41, 5.74) is 3.06. The average molecular weight is 546 g/mol. The van der Waals surface area contributed by atoms with Crippen LogP contribution in [0.15, 0.2) is 60.7 Å². The van der Waals surface area contributed by atoms with Gasteiger partial charge < -0.3 is 25.1 Å². The first-order valence-electron chi connectivity index (χ1n) is 13.3. The van der Waals surface area contributed by atoms with Gasteiger partial charge in [0.05, 0.1) is 11.6 Å². The van der Waals surface area contributed by atoms with E-state index in [-0.39, 0.29) is 30.6 Å². The third kappa shape index (κ3) is 5.43. The Morgan fingerprint density at radius 1 is 1.02 bits per heavy atom. The largest absolute Gasteiger partial charge is 0.384 e. The van der Waals surface area contributed by atoms with E-state index in [9.17, 15) is 23.9 Å². The number of benzene rings is 3. The van der Waals surface area contributed by atoms with E-state index >= 15 is 0 Å². The molecule has 2 heterocycles. The zero-order chi connectivity index (χ0) is 28.6. The van der Waals surface area contributed by atoms with Crippen molar-refractivity contribution < 1.29 is 18.7 Å². The molecule has 2 aliphatic rings. The van der Waals surface area contributed by atoms with E-state index in [2.05, 4.69) is 21.2 Å². The summed E-state index contributed by atoms with van der Waals surface area (Å²) in [6.45, 7) is 2.48. The van der Waals surface area contributed by atoms with Crippen LogP contribution < -0.4 is 5.32 Å². The number of carbonyl (C=O) groups is 1. The van der Waals surface area contributed by atoms with E-state index in [1.165, 1.54) is 0 Å². The maximum atomic E-state index is 13.6. The van der Waals surface area contributed by atoms with Crippen molar-refractivity contribution in [2.75, 3.05) is 52.6 Å². The van der Waals surface area contributed by atoms with E-state index < -0.39 is 23.3 Å². The van der Waals surface area contributed by atoms with Gasteiger partial charge in [0, 0.05) is 56.3 Å². The summed E-state index contributed by atoms with van der Waals surface area (Å²) in [4.78, 5) is 18.9. The number of amides is 2. The Balaban J connectivity index is 1.37. The van der Waals surface area contributed by atoms with E-state index in [4.69, 9.17) is 0 Å². The third-order valence-corrected chi connectivity index (χ3v) is 7.95. The van der Waals surface area contributed by atoms with Crippen molar-refractivity contribution >= 4 is 11.7 Å². The van der Waals surface area contributed by atoms with Gasteiger partial charge in [0.15, 0.2) is 0 Å². The topological polar surface area (TPSA) is 82.8 Å². The lowest BCUT2D eigenvalue weighted by Crippen LogP contribution is -2.65. The van der Waals surface area contributed by atoms with Crippen LogP contribution in [0, 0.1) is 34.8 Å². The van der Waals surface area contributed by atoms with Crippen LogP contribution in [-0.2, 0) is 12.1 Å². The molecule has 2 N–H and O–H groups in total. The molecule has 2 amide bonds. The van der Waals surface area contributed by atoms with E-state index in [0.29, 0.717) is 18.7 Å². The highest BCUT2D eigenvalue weighted by molar-refractivity contribution is 5.89. The molecule has 5 rings (SSSR count). The summed E-state index contributed by atoms with van der Waals surface area (Å²) < 4.78 is 27.2.